The van der Waals surface area contributed by atoms with Gasteiger partial charge in [-0.1, -0.05) is 146 Å². The number of hydrogen-bond acceptors (Lipinski definition) is 2. The Balaban J connectivity index is 1.24. The van der Waals surface area contributed by atoms with Crippen LogP contribution in [-0.2, 0) is 0 Å². The first-order chi connectivity index (χ1) is 24.8. The van der Waals surface area contributed by atoms with Crippen molar-refractivity contribution in [3.8, 4) is 22.3 Å². The molecule has 0 aliphatic rings. The van der Waals surface area contributed by atoms with E-state index in [9.17, 15) is 0 Å². The molecule has 0 aliphatic heterocycles. The van der Waals surface area contributed by atoms with Crippen LogP contribution < -0.4 is 4.90 Å². The number of thiophene rings is 1. The SMILES string of the molecule is c1ccc(-c2ccc(N(c3ccc4ccc5ccccc5c4c3)c3ccc4sc5c6ccccc6ccc5c4c3)cc2-c2ccccc2)cc1. The fourth-order valence-corrected chi connectivity index (χ4v) is 8.82. The van der Waals surface area contributed by atoms with Crippen molar-refractivity contribution < 1.29 is 0 Å². The van der Waals surface area contributed by atoms with Crippen molar-refractivity contribution in [2.24, 2.45) is 0 Å². The van der Waals surface area contributed by atoms with Gasteiger partial charge in [0.15, 0.2) is 0 Å². The highest BCUT2D eigenvalue weighted by atomic mass is 32.1. The molecule has 9 aromatic carbocycles. The van der Waals surface area contributed by atoms with Crippen molar-refractivity contribution in [1.29, 1.82) is 0 Å². The highest BCUT2D eigenvalue weighted by molar-refractivity contribution is 7.26. The van der Waals surface area contributed by atoms with Crippen LogP contribution in [0.15, 0.2) is 188 Å². The van der Waals surface area contributed by atoms with Crippen LogP contribution in [0.4, 0.5) is 17.1 Å². The zero-order chi connectivity index (χ0) is 33.0. The van der Waals surface area contributed by atoms with Crippen LogP contribution in [0, 0.1) is 0 Å². The summed E-state index contributed by atoms with van der Waals surface area (Å²) in [6, 6.07) is 68.8. The molecule has 0 saturated heterocycles. The summed E-state index contributed by atoms with van der Waals surface area (Å²) in [7, 11) is 0. The average molecular weight is 654 g/mol. The van der Waals surface area contributed by atoms with Crippen molar-refractivity contribution in [3.63, 3.8) is 0 Å². The van der Waals surface area contributed by atoms with Crippen LogP contribution in [0.2, 0.25) is 0 Å². The molecular formula is C48H31NS. The van der Waals surface area contributed by atoms with Gasteiger partial charge in [-0.05, 0) is 97.0 Å². The molecule has 0 bridgehead atoms. The molecule has 2 heteroatoms. The Morgan fingerprint density at radius 2 is 0.840 bits per heavy atom. The van der Waals surface area contributed by atoms with E-state index in [1.807, 2.05) is 11.3 Å². The number of hydrogen-bond donors (Lipinski definition) is 0. The van der Waals surface area contributed by atoms with Crippen molar-refractivity contribution in [3.05, 3.63) is 188 Å². The third-order valence-corrected chi connectivity index (χ3v) is 11.2. The van der Waals surface area contributed by atoms with Gasteiger partial charge in [-0.3, -0.25) is 0 Å². The second-order valence-corrected chi connectivity index (χ2v) is 14.0. The predicted molar refractivity (Wildman–Crippen MR) is 217 cm³/mol. The van der Waals surface area contributed by atoms with Gasteiger partial charge in [0.05, 0.1) is 0 Å². The molecule has 0 fully saturated rings. The molecule has 0 spiro atoms. The fourth-order valence-electron chi connectivity index (χ4n) is 7.61. The molecule has 0 atom stereocenters. The molecule has 0 N–H and O–H groups in total. The van der Waals surface area contributed by atoms with Crippen LogP contribution in [-0.4, -0.2) is 0 Å². The first kappa shape index (κ1) is 28.8. The molecule has 1 aromatic heterocycles. The maximum Gasteiger partial charge on any atom is 0.0468 e. The molecule has 50 heavy (non-hydrogen) atoms. The number of anilines is 3. The van der Waals surface area contributed by atoms with Crippen LogP contribution in [0.1, 0.15) is 0 Å². The molecule has 0 radical (unpaired) electrons. The molecular weight excluding hydrogens is 623 g/mol. The topological polar surface area (TPSA) is 3.24 Å². The van der Waals surface area contributed by atoms with Gasteiger partial charge in [0.25, 0.3) is 0 Å². The lowest BCUT2D eigenvalue weighted by Gasteiger charge is -2.27. The van der Waals surface area contributed by atoms with E-state index < -0.39 is 0 Å². The summed E-state index contributed by atoms with van der Waals surface area (Å²) in [4.78, 5) is 2.44. The Hall–Kier alpha value is -6.22. The minimum absolute atomic E-state index is 1.12. The van der Waals surface area contributed by atoms with E-state index in [2.05, 4.69) is 193 Å². The quantitative estimate of drug-likeness (QED) is 0.167. The summed E-state index contributed by atoms with van der Waals surface area (Å²) in [5.74, 6) is 0. The van der Waals surface area contributed by atoms with E-state index in [1.54, 1.807) is 0 Å². The number of nitrogens with zero attached hydrogens (tertiary/aromatic N) is 1. The Morgan fingerprint density at radius 3 is 1.60 bits per heavy atom. The van der Waals surface area contributed by atoms with Crippen molar-refractivity contribution in [1.82, 2.24) is 0 Å². The molecule has 0 unspecified atom stereocenters. The zero-order valence-corrected chi connectivity index (χ0v) is 28.1. The number of fused-ring (bicyclic) bond motifs is 8. The molecule has 1 heterocycles. The standard InChI is InChI=1S/C48H31NS/c1-3-11-32(12-4-1)41-27-24-38(30-44(41)33-13-5-2-6-14-33)49(37-23-21-36-20-19-34-15-7-9-17-40(34)45(36)29-37)39-25-28-47-46(31-39)43-26-22-35-16-8-10-18-42(35)48(43)50-47/h1-31H. The lowest BCUT2D eigenvalue weighted by molar-refractivity contribution is 1.30. The van der Waals surface area contributed by atoms with E-state index in [0.29, 0.717) is 0 Å². The van der Waals surface area contributed by atoms with E-state index in [-0.39, 0.29) is 0 Å². The first-order valence-electron chi connectivity index (χ1n) is 17.1. The zero-order valence-electron chi connectivity index (χ0n) is 27.3. The van der Waals surface area contributed by atoms with Crippen LogP contribution in [0.25, 0.3) is 74.7 Å². The van der Waals surface area contributed by atoms with Crippen LogP contribution >= 0.6 is 11.3 Å². The number of rotatable bonds is 5. The van der Waals surface area contributed by atoms with Crippen molar-refractivity contribution in [2.75, 3.05) is 4.90 Å². The van der Waals surface area contributed by atoms with Gasteiger partial charge < -0.3 is 4.90 Å². The highest BCUT2D eigenvalue weighted by Gasteiger charge is 2.19. The first-order valence-corrected chi connectivity index (χ1v) is 17.9. The van der Waals surface area contributed by atoms with Gasteiger partial charge >= 0.3 is 0 Å². The number of benzene rings is 9. The Kier molecular flexibility index (Phi) is 6.75. The predicted octanol–water partition coefficient (Wildman–Crippen LogP) is 14.3. The van der Waals surface area contributed by atoms with Gasteiger partial charge in [0.2, 0.25) is 0 Å². The molecule has 234 valence electrons. The molecule has 0 saturated carbocycles. The van der Waals surface area contributed by atoms with Crippen LogP contribution in [0.5, 0.6) is 0 Å². The molecule has 10 aromatic rings. The van der Waals surface area contributed by atoms with Gasteiger partial charge in [0, 0.05) is 37.2 Å². The lowest BCUT2D eigenvalue weighted by Crippen LogP contribution is -2.10. The van der Waals surface area contributed by atoms with Crippen molar-refractivity contribution in [2.45, 2.75) is 0 Å². The Bertz CT molecular complexity index is 2870. The summed E-state index contributed by atoms with van der Waals surface area (Å²) < 4.78 is 2.64. The summed E-state index contributed by atoms with van der Waals surface area (Å²) in [6.07, 6.45) is 0. The van der Waals surface area contributed by atoms with Crippen LogP contribution in [0.3, 0.4) is 0 Å². The summed E-state index contributed by atoms with van der Waals surface area (Å²) in [5.41, 5.74) is 8.22. The van der Waals surface area contributed by atoms with Gasteiger partial charge in [-0.2, -0.15) is 0 Å². The molecule has 0 amide bonds. The van der Waals surface area contributed by atoms with E-state index >= 15 is 0 Å². The van der Waals surface area contributed by atoms with Crippen molar-refractivity contribution >= 4 is 80.9 Å². The van der Waals surface area contributed by atoms with Gasteiger partial charge in [-0.25, -0.2) is 0 Å². The Morgan fingerprint density at radius 1 is 0.320 bits per heavy atom. The van der Waals surface area contributed by atoms with Gasteiger partial charge in [0.1, 0.15) is 0 Å². The molecule has 0 aliphatic carbocycles. The summed E-state index contributed by atoms with van der Waals surface area (Å²) >= 11 is 1.89. The molecule has 1 nitrogen and oxygen atoms in total. The monoisotopic (exact) mass is 653 g/mol. The summed E-state index contributed by atoms with van der Waals surface area (Å²) in [5, 5.41) is 10.2. The third kappa shape index (κ3) is 4.76. The summed E-state index contributed by atoms with van der Waals surface area (Å²) in [6.45, 7) is 0. The van der Waals surface area contributed by atoms with E-state index in [1.165, 1.54) is 74.7 Å². The van der Waals surface area contributed by atoms with Gasteiger partial charge in [-0.15, -0.1) is 11.3 Å². The van der Waals surface area contributed by atoms with E-state index in [4.69, 9.17) is 0 Å². The maximum atomic E-state index is 2.44. The average Bonchev–Trinajstić information content (AvgIpc) is 3.57. The fraction of sp³-hybridized carbons (Fsp3) is 0. The minimum atomic E-state index is 1.12. The third-order valence-electron chi connectivity index (χ3n) is 10.0. The second kappa shape index (κ2) is 11.7. The van der Waals surface area contributed by atoms with E-state index in [0.717, 1.165) is 17.1 Å². The largest absolute Gasteiger partial charge is 0.310 e. The lowest BCUT2D eigenvalue weighted by atomic mass is 9.93. The minimum Gasteiger partial charge on any atom is -0.310 e. The maximum absolute atomic E-state index is 2.44. The molecule has 10 rings (SSSR count). The second-order valence-electron chi connectivity index (χ2n) is 12.9. The highest BCUT2D eigenvalue weighted by Crippen LogP contribution is 2.45. The smallest absolute Gasteiger partial charge is 0.0468 e. The normalized spacial score (nSPS) is 11.6. The Labute approximate surface area is 294 Å².